The van der Waals surface area contributed by atoms with Gasteiger partial charge in [0.1, 0.15) is 5.75 Å². The Morgan fingerprint density at radius 3 is 2.52 bits per heavy atom. The number of rotatable bonds is 8. The number of amides is 1. The smallest absolute Gasteiger partial charge is 0.232 e. The van der Waals surface area contributed by atoms with E-state index >= 15 is 0 Å². The van der Waals surface area contributed by atoms with Crippen LogP contribution >= 0.6 is 11.8 Å². The summed E-state index contributed by atoms with van der Waals surface area (Å²) < 4.78 is 5.73. The van der Waals surface area contributed by atoms with Crippen LogP contribution in [-0.4, -0.2) is 36.0 Å². The zero-order chi connectivity index (χ0) is 16.5. The summed E-state index contributed by atoms with van der Waals surface area (Å²) in [5, 5.41) is 0. The Kier molecular flexibility index (Phi) is 7.01. The van der Waals surface area contributed by atoms with E-state index in [1.807, 2.05) is 68.6 Å². The van der Waals surface area contributed by atoms with Gasteiger partial charge in [0.15, 0.2) is 0 Å². The molecule has 0 bridgehead atoms. The first-order valence-electron chi connectivity index (χ1n) is 7.71. The number of ether oxygens (including phenoxy) is 1. The quantitative estimate of drug-likeness (QED) is 0.691. The molecule has 2 aromatic carbocycles. The van der Waals surface area contributed by atoms with Crippen LogP contribution < -0.4 is 4.74 Å². The van der Waals surface area contributed by atoms with Gasteiger partial charge < -0.3 is 9.64 Å². The van der Waals surface area contributed by atoms with Gasteiger partial charge in [-0.25, -0.2) is 0 Å². The molecule has 0 saturated carbocycles. The Bertz CT molecular complexity index is 616. The van der Waals surface area contributed by atoms with Crippen molar-refractivity contribution in [2.75, 3.05) is 25.2 Å². The van der Waals surface area contributed by atoms with Gasteiger partial charge in [0.05, 0.1) is 12.4 Å². The number of aryl methyl sites for hydroxylation is 1. The Labute approximate surface area is 142 Å². The number of hydrogen-bond donors (Lipinski definition) is 0. The second-order valence-corrected chi connectivity index (χ2v) is 6.51. The van der Waals surface area contributed by atoms with E-state index in [0.29, 0.717) is 18.9 Å². The Balaban J connectivity index is 1.64. The zero-order valence-corrected chi connectivity index (χ0v) is 14.5. The summed E-state index contributed by atoms with van der Waals surface area (Å²) in [6, 6.07) is 18.0. The topological polar surface area (TPSA) is 29.5 Å². The third-order valence-electron chi connectivity index (χ3n) is 3.49. The van der Waals surface area contributed by atoms with Gasteiger partial charge >= 0.3 is 0 Å². The molecule has 0 spiro atoms. The lowest BCUT2D eigenvalue weighted by molar-refractivity contribution is -0.127. The highest BCUT2D eigenvalue weighted by molar-refractivity contribution is 7.99. The van der Waals surface area contributed by atoms with Gasteiger partial charge in [0.2, 0.25) is 5.91 Å². The summed E-state index contributed by atoms with van der Waals surface area (Å²) in [6.45, 7) is 3.30. The Morgan fingerprint density at radius 2 is 1.78 bits per heavy atom. The highest BCUT2D eigenvalue weighted by Gasteiger charge is 2.09. The fraction of sp³-hybridized carbons (Fsp3) is 0.316. The summed E-state index contributed by atoms with van der Waals surface area (Å²) in [5.74, 6) is 2.36. The molecule has 0 unspecified atom stereocenters. The van der Waals surface area contributed by atoms with E-state index in [1.54, 1.807) is 16.7 Å². The molecule has 122 valence electrons. The minimum absolute atomic E-state index is 0.148. The summed E-state index contributed by atoms with van der Waals surface area (Å²) in [4.78, 5) is 13.9. The average Bonchev–Trinajstić information content (AvgIpc) is 2.57. The molecular weight excluding hydrogens is 306 g/mol. The number of carbonyl (C=O) groups excluding carboxylic acids is 1. The van der Waals surface area contributed by atoms with Gasteiger partial charge in [0.25, 0.3) is 0 Å². The van der Waals surface area contributed by atoms with E-state index in [2.05, 4.69) is 0 Å². The van der Waals surface area contributed by atoms with E-state index in [4.69, 9.17) is 4.74 Å². The van der Waals surface area contributed by atoms with Crippen molar-refractivity contribution in [2.24, 2.45) is 0 Å². The van der Waals surface area contributed by atoms with Crippen molar-refractivity contribution in [2.45, 2.75) is 13.5 Å². The largest absolute Gasteiger partial charge is 0.492 e. The van der Waals surface area contributed by atoms with Crippen molar-refractivity contribution in [1.82, 2.24) is 4.90 Å². The van der Waals surface area contributed by atoms with Crippen LogP contribution in [-0.2, 0) is 11.3 Å². The van der Waals surface area contributed by atoms with Crippen molar-refractivity contribution < 1.29 is 9.53 Å². The first-order chi connectivity index (χ1) is 11.2. The lowest BCUT2D eigenvalue weighted by Gasteiger charge is -2.17. The van der Waals surface area contributed by atoms with E-state index < -0.39 is 0 Å². The van der Waals surface area contributed by atoms with E-state index in [0.717, 1.165) is 22.6 Å². The third kappa shape index (κ3) is 5.99. The molecule has 4 heteroatoms. The highest BCUT2D eigenvalue weighted by atomic mass is 32.2. The lowest BCUT2D eigenvalue weighted by atomic mass is 10.2. The monoisotopic (exact) mass is 329 g/mol. The first kappa shape index (κ1) is 17.4. The standard InChI is InChI=1S/C19H23NO2S/c1-16-8-6-7-11-18(16)22-12-13-23-15-19(21)20(2)14-17-9-4-3-5-10-17/h3-11H,12-15H2,1-2H3. The van der Waals surface area contributed by atoms with Crippen molar-refractivity contribution in [3.8, 4) is 5.75 Å². The lowest BCUT2D eigenvalue weighted by Crippen LogP contribution is -2.28. The number of para-hydroxylation sites is 1. The zero-order valence-electron chi connectivity index (χ0n) is 13.7. The number of benzene rings is 2. The van der Waals surface area contributed by atoms with E-state index in [9.17, 15) is 4.79 Å². The van der Waals surface area contributed by atoms with Crippen LogP contribution in [0.25, 0.3) is 0 Å². The maximum Gasteiger partial charge on any atom is 0.232 e. The second kappa shape index (κ2) is 9.26. The molecule has 2 rings (SSSR count). The molecule has 0 aliphatic carbocycles. The minimum atomic E-state index is 0.148. The van der Waals surface area contributed by atoms with Crippen LogP contribution in [0.2, 0.25) is 0 Å². The number of hydrogen-bond acceptors (Lipinski definition) is 3. The molecule has 0 atom stereocenters. The number of carbonyl (C=O) groups is 1. The van der Waals surface area contributed by atoms with Crippen LogP contribution in [0.5, 0.6) is 5.75 Å². The summed E-state index contributed by atoms with van der Waals surface area (Å²) in [6.07, 6.45) is 0. The molecule has 0 fully saturated rings. The fourth-order valence-electron chi connectivity index (χ4n) is 2.14. The average molecular weight is 329 g/mol. The van der Waals surface area contributed by atoms with Crippen LogP contribution in [0.4, 0.5) is 0 Å². The molecule has 0 aliphatic rings. The van der Waals surface area contributed by atoms with Gasteiger partial charge in [-0.15, -0.1) is 11.8 Å². The molecule has 2 aromatic rings. The Hall–Kier alpha value is -1.94. The molecule has 3 nitrogen and oxygen atoms in total. The SMILES string of the molecule is Cc1ccccc1OCCSCC(=O)N(C)Cc1ccccc1. The molecular formula is C19H23NO2S. The first-order valence-corrected chi connectivity index (χ1v) is 8.86. The predicted molar refractivity (Wildman–Crippen MR) is 96.9 cm³/mol. The molecule has 0 N–H and O–H groups in total. The summed E-state index contributed by atoms with van der Waals surface area (Å²) in [7, 11) is 1.85. The molecule has 0 aromatic heterocycles. The van der Waals surface area contributed by atoms with Crippen LogP contribution in [0.3, 0.4) is 0 Å². The van der Waals surface area contributed by atoms with Crippen molar-refractivity contribution in [3.05, 3.63) is 65.7 Å². The Morgan fingerprint density at radius 1 is 1.09 bits per heavy atom. The molecule has 0 radical (unpaired) electrons. The van der Waals surface area contributed by atoms with Crippen molar-refractivity contribution >= 4 is 17.7 Å². The van der Waals surface area contributed by atoms with Crippen LogP contribution in [0.1, 0.15) is 11.1 Å². The van der Waals surface area contributed by atoms with E-state index in [-0.39, 0.29) is 5.91 Å². The molecule has 0 heterocycles. The van der Waals surface area contributed by atoms with Gasteiger partial charge in [0, 0.05) is 19.3 Å². The highest BCUT2D eigenvalue weighted by Crippen LogP contribution is 2.16. The normalized spacial score (nSPS) is 10.3. The maximum absolute atomic E-state index is 12.1. The van der Waals surface area contributed by atoms with Crippen molar-refractivity contribution in [3.63, 3.8) is 0 Å². The maximum atomic E-state index is 12.1. The molecule has 23 heavy (non-hydrogen) atoms. The fourth-order valence-corrected chi connectivity index (χ4v) is 2.88. The predicted octanol–water partition coefficient (Wildman–Crippen LogP) is 3.77. The van der Waals surface area contributed by atoms with Crippen molar-refractivity contribution in [1.29, 1.82) is 0 Å². The number of thioether (sulfide) groups is 1. The van der Waals surface area contributed by atoms with Gasteiger partial charge in [-0.3, -0.25) is 4.79 Å². The number of nitrogens with zero attached hydrogens (tertiary/aromatic N) is 1. The van der Waals surface area contributed by atoms with Crippen LogP contribution in [0.15, 0.2) is 54.6 Å². The van der Waals surface area contributed by atoms with E-state index in [1.165, 1.54) is 0 Å². The van der Waals surface area contributed by atoms with Gasteiger partial charge in [-0.2, -0.15) is 0 Å². The second-order valence-electron chi connectivity index (χ2n) is 5.40. The summed E-state index contributed by atoms with van der Waals surface area (Å²) >= 11 is 1.61. The van der Waals surface area contributed by atoms with Gasteiger partial charge in [-0.05, 0) is 24.1 Å². The molecule has 0 saturated heterocycles. The molecule has 0 aliphatic heterocycles. The molecule has 1 amide bonds. The summed E-state index contributed by atoms with van der Waals surface area (Å²) in [5.41, 5.74) is 2.28. The van der Waals surface area contributed by atoms with Gasteiger partial charge in [-0.1, -0.05) is 48.5 Å². The minimum Gasteiger partial charge on any atom is -0.492 e. The third-order valence-corrected chi connectivity index (χ3v) is 4.40. The van der Waals surface area contributed by atoms with Crippen LogP contribution in [0, 0.1) is 6.92 Å².